The van der Waals surface area contributed by atoms with Gasteiger partial charge in [0.15, 0.2) is 0 Å². The van der Waals surface area contributed by atoms with Crippen molar-refractivity contribution in [2.24, 2.45) is 5.92 Å². The van der Waals surface area contributed by atoms with E-state index in [0.29, 0.717) is 31.5 Å². The molecule has 132 valence electrons. The molecule has 0 aromatic carbocycles. The number of rotatable bonds is 6. The Hall–Kier alpha value is -2.38. The first kappa shape index (κ1) is 18.0. The maximum absolute atomic E-state index is 12.3. The average molecular weight is 336 g/mol. The van der Waals surface area contributed by atoms with E-state index in [2.05, 4.69) is 5.10 Å². The van der Waals surface area contributed by atoms with Gasteiger partial charge in [-0.25, -0.2) is 0 Å². The number of carboxylic acid groups (broad SMARTS) is 1. The fourth-order valence-corrected chi connectivity index (χ4v) is 2.80. The second-order valence-corrected chi connectivity index (χ2v) is 6.15. The van der Waals surface area contributed by atoms with Crippen LogP contribution in [-0.4, -0.2) is 69.2 Å². The molecule has 24 heavy (non-hydrogen) atoms. The Labute approximate surface area is 141 Å². The fourth-order valence-electron chi connectivity index (χ4n) is 2.80. The van der Waals surface area contributed by atoms with Crippen molar-refractivity contribution in [3.05, 3.63) is 18.0 Å². The van der Waals surface area contributed by atoms with E-state index in [1.54, 1.807) is 22.8 Å². The van der Waals surface area contributed by atoms with Gasteiger partial charge in [-0.3, -0.25) is 19.1 Å². The summed E-state index contributed by atoms with van der Waals surface area (Å²) >= 11 is 0. The molecular formula is C16H24N4O4. The van der Waals surface area contributed by atoms with E-state index < -0.39 is 5.97 Å². The third-order valence-corrected chi connectivity index (χ3v) is 4.25. The molecule has 0 spiro atoms. The van der Waals surface area contributed by atoms with Crippen LogP contribution in [0.3, 0.4) is 0 Å². The second-order valence-electron chi connectivity index (χ2n) is 6.15. The molecule has 2 amide bonds. The lowest BCUT2D eigenvalue weighted by Crippen LogP contribution is -2.45. The predicted molar refractivity (Wildman–Crippen MR) is 86.4 cm³/mol. The van der Waals surface area contributed by atoms with Crippen LogP contribution in [0.2, 0.25) is 0 Å². The van der Waals surface area contributed by atoms with Crippen molar-refractivity contribution in [1.82, 2.24) is 19.6 Å². The van der Waals surface area contributed by atoms with Gasteiger partial charge in [-0.1, -0.05) is 6.92 Å². The van der Waals surface area contributed by atoms with Gasteiger partial charge >= 0.3 is 5.97 Å². The normalized spacial score (nSPS) is 15.3. The molecule has 1 aromatic heterocycles. The van der Waals surface area contributed by atoms with Crippen molar-refractivity contribution in [2.75, 3.05) is 26.7 Å². The Morgan fingerprint density at radius 3 is 2.58 bits per heavy atom. The summed E-state index contributed by atoms with van der Waals surface area (Å²) in [5.74, 6) is -1.59. The summed E-state index contributed by atoms with van der Waals surface area (Å²) < 4.78 is 1.71. The number of aliphatic carboxylic acids is 1. The van der Waals surface area contributed by atoms with Crippen LogP contribution in [0.15, 0.2) is 12.4 Å². The van der Waals surface area contributed by atoms with Crippen LogP contribution in [0.4, 0.5) is 0 Å². The molecular weight excluding hydrogens is 312 g/mol. The Morgan fingerprint density at radius 2 is 2.00 bits per heavy atom. The quantitative estimate of drug-likeness (QED) is 0.824. The number of likely N-dealkylation sites (N-methyl/N-ethyl adjacent to an activating group) is 1. The molecule has 1 N–H and O–H groups in total. The van der Waals surface area contributed by atoms with Crippen molar-refractivity contribution < 1.29 is 19.5 Å². The van der Waals surface area contributed by atoms with Crippen molar-refractivity contribution in [2.45, 2.75) is 32.7 Å². The summed E-state index contributed by atoms with van der Waals surface area (Å²) in [5, 5.41) is 13.1. The highest BCUT2D eigenvalue weighted by molar-refractivity contribution is 5.95. The maximum atomic E-state index is 12.3. The molecule has 0 bridgehead atoms. The first-order valence-corrected chi connectivity index (χ1v) is 8.20. The van der Waals surface area contributed by atoms with Gasteiger partial charge in [0.25, 0.3) is 5.91 Å². The number of likely N-dealkylation sites (tertiary alicyclic amines) is 1. The fraction of sp³-hybridized carbons (Fsp3) is 0.625. The summed E-state index contributed by atoms with van der Waals surface area (Å²) in [4.78, 5) is 38.6. The lowest BCUT2D eigenvalue weighted by Gasteiger charge is -2.31. The topological polar surface area (TPSA) is 95.7 Å². The van der Waals surface area contributed by atoms with Crippen LogP contribution in [0, 0.1) is 5.92 Å². The third kappa shape index (κ3) is 4.33. The van der Waals surface area contributed by atoms with Crippen LogP contribution >= 0.6 is 0 Å². The second kappa shape index (κ2) is 7.94. The van der Waals surface area contributed by atoms with Gasteiger partial charge < -0.3 is 14.9 Å². The lowest BCUT2D eigenvalue weighted by molar-refractivity contribution is -0.145. The number of carboxylic acids is 1. The first-order valence-electron chi connectivity index (χ1n) is 8.20. The van der Waals surface area contributed by atoms with Gasteiger partial charge in [0, 0.05) is 32.9 Å². The van der Waals surface area contributed by atoms with E-state index in [4.69, 9.17) is 5.11 Å². The van der Waals surface area contributed by atoms with Crippen molar-refractivity contribution in [1.29, 1.82) is 0 Å². The van der Waals surface area contributed by atoms with Crippen molar-refractivity contribution >= 4 is 17.8 Å². The van der Waals surface area contributed by atoms with Gasteiger partial charge in [-0.2, -0.15) is 5.10 Å². The number of carbonyl (C=O) groups is 3. The summed E-state index contributed by atoms with van der Waals surface area (Å²) in [7, 11) is 1.58. The monoisotopic (exact) mass is 336 g/mol. The molecule has 0 aliphatic carbocycles. The molecule has 2 heterocycles. The standard InChI is InChI=1S/C16H24N4O4/c1-3-6-20-10-13(9-17-20)15(22)18(2)11-14(21)19-7-4-12(5-8-19)16(23)24/h9-10,12H,3-8,11H2,1-2H3,(H,23,24). The molecule has 2 rings (SSSR count). The van der Waals surface area contributed by atoms with Gasteiger partial charge in [-0.15, -0.1) is 0 Å². The highest BCUT2D eigenvalue weighted by atomic mass is 16.4. The van der Waals surface area contributed by atoms with Gasteiger partial charge in [0.2, 0.25) is 5.91 Å². The molecule has 1 saturated heterocycles. The Bertz CT molecular complexity index is 605. The number of aryl methyl sites for hydroxylation is 1. The van der Waals surface area contributed by atoms with Gasteiger partial charge in [0.05, 0.1) is 24.2 Å². The minimum Gasteiger partial charge on any atom is -0.481 e. The summed E-state index contributed by atoms with van der Waals surface area (Å²) in [6, 6.07) is 0. The molecule has 8 nitrogen and oxygen atoms in total. The largest absolute Gasteiger partial charge is 0.481 e. The zero-order valence-corrected chi connectivity index (χ0v) is 14.1. The zero-order chi connectivity index (χ0) is 17.7. The van der Waals surface area contributed by atoms with Crippen molar-refractivity contribution in [3.8, 4) is 0 Å². The first-order chi connectivity index (χ1) is 11.4. The van der Waals surface area contributed by atoms with Crippen molar-refractivity contribution in [3.63, 3.8) is 0 Å². The number of carbonyl (C=O) groups excluding carboxylic acids is 2. The molecule has 1 fully saturated rings. The molecule has 0 atom stereocenters. The Kier molecular flexibility index (Phi) is 5.94. The number of hydrogen-bond donors (Lipinski definition) is 1. The number of nitrogens with zero attached hydrogens (tertiary/aromatic N) is 4. The molecule has 0 unspecified atom stereocenters. The highest BCUT2D eigenvalue weighted by Crippen LogP contribution is 2.17. The molecule has 8 heteroatoms. The van der Waals surface area contributed by atoms with E-state index in [0.717, 1.165) is 13.0 Å². The third-order valence-electron chi connectivity index (χ3n) is 4.25. The Balaban J connectivity index is 1.86. The summed E-state index contributed by atoms with van der Waals surface area (Å²) in [6.07, 6.45) is 5.05. The maximum Gasteiger partial charge on any atom is 0.306 e. The van der Waals surface area contributed by atoms with E-state index in [1.807, 2.05) is 6.92 Å². The Morgan fingerprint density at radius 1 is 1.33 bits per heavy atom. The predicted octanol–water partition coefficient (Wildman–Crippen LogP) is 0.688. The zero-order valence-electron chi connectivity index (χ0n) is 14.1. The number of piperidine rings is 1. The van der Waals surface area contributed by atoms with E-state index in [1.165, 1.54) is 11.1 Å². The highest BCUT2D eigenvalue weighted by Gasteiger charge is 2.28. The number of amides is 2. The molecule has 1 aromatic rings. The van der Waals surface area contributed by atoms with Crippen LogP contribution < -0.4 is 0 Å². The van der Waals surface area contributed by atoms with Gasteiger partial charge in [0.1, 0.15) is 0 Å². The summed E-state index contributed by atoms with van der Waals surface area (Å²) in [6.45, 7) is 3.60. The van der Waals surface area contributed by atoms with Crippen LogP contribution in [0.1, 0.15) is 36.5 Å². The lowest BCUT2D eigenvalue weighted by atomic mass is 9.97. The number of aromatic nitrogens is 2. The summed E-state index contributed by atoms with van der Waals surface area (Å²) in [5.41, 5.74) is 0.461. The molecule has 0 radical (unpaired) electrons. The van der Waals surface area contributed by atoms with Crippen LogP contribution in [0.5, 0.6) is 0 Å². The minimum atomic E-state index is -0.807. The minimum absolute atomic E-state index is 0.0183. The van der Waals surface area contributed by atoms with E-state index in [-0.39, 0.29) is 24.3 Å². The smallest absolute Gasteiger partial charge is 0.306 e. The van der Waals surface area contributed by atoms with E-state index in [9.17, 15) is 14.4 Å². The molecule has 1 aliphatic heterocycles. The van der Waals surface area contributed by atoms with Crippen LogP contribution in [-0.2, 0) is 16.1 Å². The molecule has 1 aliphatic rings. The van der Waals surface area contributed by atoms with E-state index >= 15 is 0 Å². The molecule has 0 saturated carbocycles. The average Bonchev–Trinajstić information content (AvgIpc) is 3.03. The van der Waals surface area contributed by atoms with Crippen LogP contribution in [0.25, 0.3) is 0 Å². The number of hydrogen-bond acceptors (Lipinski definition) is 4. The van der Waals surface area contributed by atoms with Gasteiger partial charge in [-0.05, 0) is 19.3 Å². The SMILES string of the molecule is CCCn1cc(C(=O)N(C)CC(=O)N2CCC(C(=O)O)CC2)cn1.